The van der Waals surface area contributed by atoms with Gasteiger partial charge in [-0.05, 0) is 24.6 Å². The topological polar surface area (TPSA) is 61.2 Å². The van der Waals surface area contributed by atoms with Crippen molar-refractivity contribution in [2.24, 2.45) is 0 Å². The molecule has 0 saturated heterocycles. The van der Waals surface area contributed by atoms with Crippen LogP contribution in [0.2, 0.25) is 0 Å². The van der Waals surface area contributed by atoms with Crippen molar-refractivity contribution in [1.29, 1.82) is 5.26 Å². The first-order valence-electron chi connectivity index (χ1n) is 5.64. The van der Waals surface area contributed by atoms with Crippen LogP contribution in [0, 0.1) is 11.3 Å². The SMILES string of the molecule is CCC(CC#N)N1C(=O)c2ccc(Br)cc2C1=O. The smallest absolute Gasteiger partial charge is 0.261 e. The van der Waals surface area contributed by atoms with E-state index in [1.54, 1.807) is 18.2 Å². The van der Waals surface area contributed by atoms with Gasteiger partial charge in [-0.1, -0.05) is 22.9 Å². The molecular formula is C13H11BrN2O2. The predicted octanol–water partition coefficient (Wildman–Crippen LogP) is 2.74. The van der Waals surface area contributed by atoms with E-state index in [2.05, 4.69) is 15.9 Å². The first-order valence-corrected chi connectivity index (χ1v) is 6.43. The van der Waals surface area contributed by atoms with Gasteiger partial charge in [-0.3, -0.25) is 14.5 Å². The van der Waals surface area contributed by atoms with Gasteiger partial charge < -0.3 is 0 Å². The third kappa shape index (κ3) is 1.93. The monoisotopic (exact) mass is 306 g/mol. The van der Waals surface area contributed by atoms with Gasteiger partial charge in [-0.25, -0.2) is 0 Å². The van der Waals surface area contributed by atoms with Gasteiger partial charge in [-0.15, -0.1) is 0 Å². The molecule has 92 valence electrons. The maximum absolute atomic E-state index is 12.2. The van der Waals surface area contributed by atoms with E-state index in [1.165, 1.54) is 4.90 Å². The minimum Gasteiger partial charge on any atom is -0.270 e. The summed E-state index contributed by atoms with van der Waals surface area (Å²) in [6.45, 7) is 1.86. The van der Waals surface area contributed by atoms with E-state index < -0.39 is 0 Å². The van der Waals surface area contributed by atoms with Crippen LogP contribution >= 0.6 is 15.9 Å². The summed E-state index contributed by atoms with van der Waals surface area (Å²) in [6, 6.07) is 6.69. The number of imide groups is 1. The van der Waals surface area contributed by atoms with Gasteiger partial charge in [-0.2, -0.15) is 5.26 Å². The van der Waals surface area contributed by atoms with Crippen LogP contribution in [-0.4, -0.2) is 22.8 Å². The summed E-state index contributed by atoms with van der Waals surface area (Å²) in [4.78, 5) is 25.6. The molecule has 0 N–H and O–H groups in total. The predicted molar refractivity (Wildman–Crippen MR) is 69.0 cm³/mol. The molecule has 2 amide bonds. The number of benzene rings is 1. The Hall–Kier alpha value is -1.67. The van der Waals surface area contributed by atoms with Crippen molar-refractivity contribution in [3.8, 4) is 6.07 Å². The molecule has 0 fully saturated rings. The highest BCUT2D eigenvalue weighted by Gasteiger charge is 2.39. The Balaban J connectivity index is 2.42. The molecule has 1 unspecified atom stereocenters. The van der Waals surface area contributed by atoms with E-state index in [4.69, 9.17) is 5.26 Å². The van der Waals surface area contributed by atoms with Gasteiger partial charge in [0, 0.05) is 4.47 Å². The average molecular weight is 307 g/mol. The maximum Gasteiger partial charge on any atom is 0.261 e. The second-order valence-corrected chi connectivity index (χ2v) is 5.01. The molecule has 0 aliphatic carbocycles. The molecular weight excluding hydrogens is 296 g/mol. The van der Waals surface area contributed by atoms with Crippen LogP contribution in [0.15, 0.2) is 22.7 Å². The molecule has 1 aliphatic heterocycles. The Kier molecular flexibility index (Phi) is 3.48. The van der Waals surface area contributed by atoms with Gasteiger partial charge >= 0.3 is 0 Å². The number of nitrogens with zero attached hydrogens (tertiary/aromatic N) is 2. The van der Waals surface area contributed by atoms with Gasteiger partial charge in [0.05, 0.1) is 29.7 Å². The minimum absolute atomic E-state index is 0.170. The quantitative estimate of drug-likeness (QED) is 0.807. The molecule has 1 heterocycles. The summed E-state index contributed by atoms with van der Waals surface area (Å²) in [5.74, 6) is -0.608. The van der Waals surface area contributed by atoms with Crippen LogP contribution in [0.1, 0.15) is 40.5 Å². The molecule has 1 atom stereocenters. The summed E-state index contributed by atoms with van der Waals surface area (Å²) in [5.41, 5.74) is 0.824. The molecule has 2 rings (SSSR count). The van der Waals surface area contributed by atoms with Gasteiger partial charge in [0.2, 0.25) is 0 Å². The first kappa shape index (κ1) is 12.8. The lowest BCUT2D eigenvalue weighted by Crippen LogP contribution is -2.39. The third-order valence-electron chi connectivity index (χ3n) is 3.04. The number of rotatable bonds is 3. The van der Waals surface area contributed by atoms with Gasteiger partial charge in [0.15, 0.2) is 0 Å². The number of hydrogen-bond donors (Lipinski definition) is 0. The number of halogens is 1. The lowest BCUT2D eigenvalue weighted by Gasteiger charge is -2.22. The summed E-state index contributed by atoms with van der Waals surface area (Å²) >= 11 is 3.28. The Morgan fingerprint density at radius 3 is 2.61 bits per heavy atom. The summed E-state index contributed by atoms with van der Waals surface area (Å²) in [5, 5.41) is 8.75. The zero-order chi connectivity index (χ0) is 13.3. The van der Waals surface area contributed by atoms with Crippen molar-refractivity contribution >= 4 is 27.7 Å². The first-order chi connectivity index (χ1) is 8.60. The van der Waals surface area contributed by atoms with E-state index in [0.717, 1.165) is 4.47 Å². The molecule has 1 aromatic carbocycles. The summed E-state index contributed by atoms with van der Waals surface area (Å²) in [6.07, 6.45) is 0.753. The van der Waals surface area contributed by atoms with Crippen LogP contribution in [0.25, 0.3) is 0 Å². The summed E-state index contributed by atoms with van der Waals surface area (Å²) in [7, 11) is 0. The van der Waals surface area contributed by atoms with E-state index >= 15 is 0 Å². The molecule has 1 aliphatic rings. The minimum atomic E-state index is -0.346. The number of carbonyl (C=O) groups is 2. The zero-order valence-electron chi connectivity index (χ0n) is 9.81. The molecule has 0 saturated carbocycles. The number of amides is 2. The molecule has 5 heteroatoms. The maximum atomic E-state index is 12.2. The van der Waals surface area contributed by atoms with Crippen molar-refractivity contribution in [1.82, 2.24) is 4.90 Å². The highest BCUT2D eigenvalue weighted by atomic mass is 79.9. The highest BCUT2D eigenvalue weighted by molar-refractivity contribution is 9.10. The lowest BCUT2D eigenvalue weighted by atomic mass is 10.1. The normalized spacial score (nSPS) is 15.5. The molecule has 0 spiro atoms. The Bertz CT molecular complexity index is 563. The Morgan fingerprint density at radius 2 is 2.00 bits per heavy atom. The Morgan fingerprint density at radius 1 is 1.33 bits per heavy atom. The molecule has 0 aromatic heterocycles. The van der Waals surface area contributed by atoms with Crippen molar-refractivity contribution in [2.45, 2.75) is 25.8 Å². The number of nitriles is 1. The molecule has 0 bridgehead atoms. The second-order valence-electron chi connectivity index (χ2n) is 4.09. The van der Waals surface area contributed by atoms with Crippen molar-refractivity contribution < 1.29 is 9.59 Å². The van der Waals surface area contributed by atoms with Gasteiger partial charge in [0.25, 0.3) is 11.8 Å². The average Bonchev–Trinajstić information content (AvgIpc) is 2.59. The third-order valence-corrected chi connectivity index (χ3v) is 3.54. The van der Waals surface area contributed by atoms with Crippen LogP contribution in [0.3, 0.4) is 0 Å². The zero-order valence-corrected chi connectivity index (χ0v) is 11.4. The molecule has 0 radical (unpaired) electrons. The largest absolute Gasteiger partial charge is 0.270 e. The molecule has 18 heavy (non-hydrogen) atoms. The van der Waals surface area contributed by atoms with Crippen molar-refractivity contribution in [2.75, 3.05) is 0 Å². The fourth-order valence-corrected chi connectivity index (χ4v) is 2.45. The fraction of sp³-hybridized carbons (Fsp3) is 0.308. The number of carbonyl (C=O) groups excluding carboxylic acids is 2. The second kappa shape index (κ2) is 4.91. The number of fused-ring (bicyclic) bond motifs is 1. The lowest BCUT2D eigenvalue weighted by molar-refractivity contribution is 0.0583. The number of hydrogen-bond acceptors (Lipinski definition) is 3. The fourth-order valence-electron chi connectivity index (χ4n) is 2.09. The van der Waals surface area contributed by atoms with Crippen LogP contribution < -0.4 is 0 Å². The van der Waals surface area contributed by atoms with Crippen LogP contribution in [0.4, 0.5) is 0 Å². The summed E-state index contributed by atoms with van der Waals surface area (Å²) < 4.78 is 0.762. The van der Waals surface area contributed by atoms with Crippen LogP contribution in [-0.2, 0) is 0 Å². The van der Waals surface area contributed by atoms with E-state index in [1.807, 2.05) is 13.0 Å². The van der Waals surface area contributed by atoms with E-state index in [0.29, 0.717) is 17.5 Å². The molecule has 4 nitrogen and oxygen atoms in total. The van der Waals surface area contributed by atoms with Crippen molar-refractivity contribution in [3.05, 3.63) is 33.8 Å². The Labute approximate surface area is 113 Å². The van der Waals surface area contributed by atoms with Gasteiger partial charge in [0.1, 0.15) is 0 Å². The molecule has 1 aromatic rings. The standard InChI is InChI=1S/C13H11BrN2O2/c1-2-9(5-6-15)16-12(17)10-4-3-8(14)7-11(10)13(16)18/h3-4,7,9H,2,5H2,1H3. The van der Waals surface area contributed by atoms with E-state index in [-0.39, 0.29) is 24.3 Å². The van der Waals surface area contributed by atoms with Crippen molar-refractivity contribution in [3.63, 3.8) is 0 Å². The van der Waals surface area contributed by atoms with Crippen LogP contribution in [0.5, 0.6) is 0 Å². The highest BCUT2D eigenvalue weighted by Crippen LogP contribution is 2.28. The van der Waals surface area contributed by atoms with E-state index in [9.17, 15) is 9.59 Å².